The molecule has 1 N–H and O–H groups in total. The van der Waals surface area contributed by atoms with Crippen molar-refractivity contribution in [3.63, 3.8) is 0 Å². The maximum absolute atomic E-state index is 12.8. The van der Waals surface area contributed by atoms with Crippen molar-refractivity contribution in [2.75, 3.05) is 5.32 Å². The monoisotopic (exact) mass is 404 g/mol. The third-order valence-electron chi connectivity index (χ3n) is 4.50. The number of thiazole rings is 1. The highest BCUT2D eigenvalue weighted by Crippen LogP contribution is 2.29. The average molecular weight is 405 g/mol. The van der Waals surface area contributed by atoms with E-state index in [4.69, 9.17) is 0 Å². The second-order valence-electron chi connectivity index (χ2n) is 6.61. The molecule has 0 saturated carbocycles. The van der Waals surface area contributed by atoms with Gasteiger partial charge in [0.2, 0.25) is 5.91 Å². The van der Waals surface area contributed by atoms with Crippen LogP contribution >= 0.6 is 11.3 Å². The third kappa shape index (κ3) is 5.23. The summed E-state index contributed by atoms with van der Waals surface area (Å²) in [6.07, 6.45) is 12.4. The second-order valence-corrected chi connectivity index (χ2v) is 7.46. The van der Waals surface area contributed by atoms with Crippen molar-refractivity contribution in [1.29, 1.82) is 0 Å². The number of amides is 1. The van der Waals surface area contributed by atoms with E-state index in [9.17, 15) is 4.79 Å². The van der Waals surface area contributed by atoms with E-state index in [1.807, 2.05) is 25.1 Å². The summed E-state index contributed by atoms with van der Waals surface area (Å²) in [7, 11) is 0. The van der Waals surface area contributed by atoms with Crippen LogP contribution in [0.5, 0.6) is 0 Å². The molecule has 0 radical (unpaired) electrons. The molecule has 3 aromatic rings. The Morgan fingerprint density at radius 3 is 2.83 bits per heavy atom. The summed E-state index contributed by atoms with van der Waals surface area (Å²) in [5.74, 6) is -0.0847. The summed E-state index contributed by atoms with van der Waals surface area (Å²) in [4.78, 5) is 25.5. The van der Waals surface area contributed by atoms with E-state index in [-0.39, 0.29) is 12.3 Å². The van der Waals surface area contributed by atoms with Crippen molar-refractivity contribution in [3.05, 3.63) is 70.6 Å². The fraction of sp³-hybridized carbons (Fsp3) is 0.217. The quantitative estimate of drug-likeness (QED) is 0.554. The lowest BCUT2D eigenvalue weighted by Gasteiger charge is -2.11. The highest BCUT2D eigenvalue weighted by Gasteiger charge is 2.15. The van der Waals surface area contributed by atoms with E-state index < -0.39 is 0 Å². The zero-order valence-electron chi connectivity index (χ0n) is 16.8. The average Bonchev–Trinajstić information content (AvgIpc) is 3.18. The van der Waals surface area contributed by atoms with E-state index in [1.165, 1.54) is 16.9 Å². The molecule has 6 heteroatoms. The largest absolute Gasteiger partial charge is 0.316 e. The van der Waals surface area contributed by atoms with Crippen LogP contribution in [0.15, 0.2) is 53.9 Å². The van der Waals surface area contributed by atoms with Gasteiger partial charge in [-0.3, -0.25) is 14.8 Å². The molecule has 0 fully saturated rings. The highest BCUT2D eigenvalue weighted by atomic mass is 32.1. The van der Waals surface area contributed by atoms with Gasteiger partial charge in [-0.15, -0.1) is 11.3 Å². The van der Waals surface area contributed by atoms with Crippen LogP contribution in [-0.4, -0.2) is 20.9 Å². The Morgan fingerprint density at radius 1 is 1.24 bits per heavy atom. The van der Waals surface area contributed by atoms with Crippen LogP contribution in [0.2, 0.25) is 0 Å². The van der Waals surface area contributed by atoms with Gasteiger partial charge in [0.05, 0.1) is 18.1 Å². The van der Waals surface area contributed by atoms with Gasteiger partial charge in [-0.1, -0.05) is 48.9 Å². The van der Waals surface area contributed by atoms with Crippen LogP contribution < -0.4 is 5.32 Å². The fourth-order valence-corrected chi connectivity index (χ4v) is 3.64. The molecule has 0 aliphatic heterocycles. The Labute approximate surface area is 175 Å². The number of rotatable bonds is 7. The second kappa shape index (κ2) is 9.89. The SMILES string of the molecule is CC=Cc1c(C=C(C)CC)cccc1CC(=O)Nc1scnc1-c1cnccn1. The topological polar surface area (TPSA) is 67.8 Å². The molecule has 0 unspecified atom stereocenters. The van der Waals surface area contributed by atoms with E-state index in [2.05, 4.69) is 52.3 Å². The van der Waals surface area contributed by atoms with Gasteiger partial charge >= 0.3 is 0 Å². The zero-order valence-corrected chi connectivity index (χ0v) is 17.7. The lowest BCUT2D eigenvalue weighted by Crippen LogP contribution is -2.15. The molecule has 2 heterocycles. The van der Waals surface area contributed by atoms with Crippen molar-refractivity contribution in [1.82, 2.24) is 15.0 Å². The van der Waals surface area contributed by atoms with Crippen LogP contribution in [-0.2, 0) is 11.2 Å². The van der Waals surface area contributed by atoms with Crippen molar-refractivity contribution in [2.45, 2.75) is 33.6 Å². The maximum Gasteiger partial charge on any atom is 0.229 e. The summed E-state index contributed by atoms with van der Waals surface area (Å²) in [6, 6.07) is 6.09. The molecule has 3 rings (SSSR count). The predicted octanol–water partition coefficient (Wildman–Crippen LogP) is 5.63. The molecular weight excluding hydrogens is 380 g/mol. The number of hydrogen-bond donors (Lipinski definition) is 1. The standard InChI is InChI=1S/C23H24N4OS/c1-4-7-19-17(12-16(3)5-2)8-6-9-18(19)13-21(28)27-23-22(26-15-29-23)20-14-24-10-11-25-20/h4,6-12,14-15H,5,13H2,1-3H3,(H,27,28). The Hall–Kier alpha value is -3.12. The van der Waals surface area contributed by atoms with Gasteiger partial charge in [-0.2, -0.15) is 0 Å². The summed E-state index contributed by atoms with van der Waals surface area (Å²) < 4.78 is 0. The summed E-state index contributed by atoms with van der Waals surface area (Å²) in [5, 5.41) is 3.67. The molecule has 1 aromatic carbocycles. The number of carbonyl (C=O) groups excluding carboxylic acids is 1. The molecule has 0 atom stereocenters. The predicted molar refractivity (Wildman–Crippen MR) is 121 cm³/mol. The van der Waals surface area contributed by atoms with Crippen molar-refractivity contribution in [3.8, 4) is 11.4 Å². The minimum absolute atomic E-state index is 0.0847. The Morgan fingerprint density at radius 2 is 2.10 bits per heavy atom. The van der Waals surface area contributed by atoms with Crippen molar-refractivity contribution >= 4 is 34.4 Å². The zero-order chi connectivity index (χ0) is 20.6. The molecule has 148 valence electrons. The van der Waals surface area contributed by atoms with Crippen LogP contribution in [0, 0.1) is 0 Å². The van der Waals surface area contributed by atoms with Crippen LogP contribution in [0.3, 0.4) is 0 Å². The summed E-state index contributed by atoms with van der Waals surface area (Å²) in [6.45, 7) is 6.25. The van der Waals surface area contributed by atoms with E-state index in [0.29, 0.717) is 16.4 Å². The summed E-state index contributed by atoms with van der Waals surface area (Å²) in [5.41, 5.74) is 7.48. The molecule has 1 amide bonds. The maximum atomic E-state index is 12.8. The first kappa shape index (κ1) is 20.6. The lowest BCUT2D eigenvalue weighted by atomic mass is 9.96. The summed E-state index contributed by atoms with van der Waals surface area (Å²) >= 11 is 1.38. The van der Waals surface area contributed by atoms with Gasteiger partial charge in [0.15, 0.2) is 0 Å². The Bertz CT molecular complexity index is 1040. The van der Waals surface area contributed by atoms with E-state index in [1.54, 1.807) is 24.1 Å². The van der Waals surface area contributed by atoms with Crippen molar-refractivity contribution in [2.24, 2.45) is 0 Å². The minimum Gasteiger partial charge on any atom is -0.316 e. The number of allylic oxidation sites excluding steroid dienone is 2. The van der Waals surface area contributed by atoms with Crippen molar-refractivity contribution < 1.29 is 4.79 Å². The number of anilines is 1. The molecule has 0 bridgehead atoms. The van der Waals surface area contributed by atoms with E-state index >= 15 is 0 Å². The minimum atomic E-state index is -0.0847. The molecular formula is C23H24N4OS. The number of nitrogens with one attached hydrogen (secondary N) is 1. The van der Waals surface area contributed by atoms with Crippen LogP contribution in [0.1, 0.15) is 43.9 Å². The third-order valence-corrected chi connectivity index (χ3v) is 5.24. The number of nitrogens with zero attached hydrogens (tertiary/aromatic N) is 3. The van der Waals surface area contributed by atoms with Gasteiger partial charge in [0.25, 0.3) is 0 Å². The van der Waals surface area contributed by atoms with Crippen LogP contribution in [0.25, 0.3) is 23.5 Å². The van der Waals surface area contributed by atoms with Gasteiger partial charge in [0, 0.05) is 12.4 Å². The molecule has 5 nitrogen and oxygen atoms in total. The number of carbonyl (C=O) groups is 1. The molecule has 0 saturated heterocycles. The molecule has 2 aromatic heterocycles. The number of hydrogen-bond acceptors (Lipinski definition) is 5. The first-order valence-corrected chi connectivity index (χ1v) is 10.4. The lowest BCUT2D eigenvalue weighted by molar-refractivity contribution is -0.115. The molecule has 0 aliphatic rings. The molecule has 29 heavy (non-hydrogen) atoms. The number of aromatic nitrogens is 3. The molecule has 0 aliphatic carbocycles. The van der Waals surface area contributed by atoms with Gasteiger partial charge in [-0.25, -0.2) is 4.98 Å². The Kier molecular flexibility index (Phi) is 7.03. The highest BCUT2D eigenvalue weighted by molar-refractivity contribution is 7.14. The first-order valence-electron chi connectivity index (χ1n) is 9.53. The normalized spacial score (nSPS) is 11.8. The Balaban J connectivity index is 1.84. The fourth-order valence-electron chi connectivity index (χ4n) is 2.93. The van der Waals surface area contributed by atoms with Crippen LogP contribution in [0.4, 0.5) is 5.00 Å². The van der Waals surface area contributed by atoms with Gasteiger partial charge < -0.3 is 5.32 Å². The van der Waals surface area contributed by atoms with Gasteiger partial charge in [0.1, 0.15) is 16.4 Å². The molecule has 0 spiro atoms. The smallest absolute Gasteiger partial charge is 0.229 e. The number of benzene rings is 1. The van der Waals surface area contributed by atoms with E-state index in [0.717, 1.165) is 23.1 Å². The first-order chi connectivity index (χ1) is 14.1. The van der Waals surface area contributed by atoms with Gasteiger partial charge in [-0.05, 0) is 37.0 Å².